The summed E-state index contributed by atoms with van der Waals surface area (Å²) < 4.78 is 0. The Morgan fingerprint density at radius 1 is 0.840 bits per heavy atom. The first kappa shape index (κ1) is 18.0. The number of carbonyl (C=O) groups is 2. The van der Waals surface area contributed by atoms with Crippen LogP contribution in [0, 0.1) is 17.8 Å². The summed E-state index contributed by atoms with van der Waals surface area (Å²) in [6.07, 6.45) is 4.73. The molecule has 0 aromatic heterocycles. The fourth-order valence-electron chi connectivity index (χ4n) is 3.05. The Balaban J connectivity index is 1.75. The Hall–Kier alpha value is -1.78. The SMILES string of the molecule is C[C@H]1C=CC[C@H](C(=O)Sc2ccccc2)[C@H]1C(=O)Sc1ccccc1. The van der Waals surface area contributed by atoms with Crippen LogP contribution in [0.5, 0.6) is 0 Å². The van der Waals surface area contributed by atoms with Crippen LogP contribution in [-0.2, 0) is 9.59 Å². The largest absolute Gasteiger partial charge is 0.286 e. The Labute approximate surface area is 157 Å². The average Bonchev–Trinajstić information content (AvgIpc) is 2.63. The zero-order chi connectivity index (χ0) is 17.6. The predicted octanol–water partition coefficient (Wildman–Crippen LogP) is 5.45. The van der Waals surface area contributed by atoms with Crippen LogP contribution < -0.4 is 0 Å². The van der Waals surface area contributed by atoms with Gasteiger partial charge in [0.1, 0.15) is 0 Å². The van der Waals surface area contributed by atoms with Gasteiger partial charge in [0, 0.05) is 21.6 Å². The van der Waals surface area contributed by atoms with E-state index in [1.807, 2.05) is 73.7 Å². The molecular formula is C21H20O2S2. The van der Waals surface area contributed by atoms with Crippen molar-refractivity contribution < 1.29 is 9.59 Å². The van der Waals surface area contributed by atoms with E-state index in [2.05, 4.69) is 6.08 Å². The first-order chi connectivity index (χ1) is 12.1. The number of thioether (sulfide) groups is 2. The molecule has 0 aliphatic heterocycles. The van der Waals surface area contributed by atoms with Gasteiger partial charge in [-0.15, -0.1) is 0 Å². The maximum Gasteiger partial charge on any atom is 0.198 e. The molecule has 25 heavy (non-hydrogen) atoms. The van der Waals surface area contributed by atoms with Gasteiger partial charge >= 0.3 is 0 Å². The smallest absolute Gasteiger partial charge is 0.198 e. The average molecular weight is 369 g/mol. The molecule has 1 aliphatic rings. The van der Waals surface area contributed by atoms with Gasteiger partial charge in [-0.3, -0.25) is 9.59 Å². The van der Waals surface area contributed by atoms with Gasteiger partial charge in [-0.05, 0) is 36.6 Å². The highest BCUT2D eigenvalue weighted by Gasteiger charge is 2.38. The predicted molar refractivity (Wildman–Crippen MR) is 105 cm³/mol. The highest BCUT2D eigenvalue weighted by molar-refractivity contribution is 8.14. The van der Waals surface area contributed by atoms with Gasteiger partial charge in [-0.2, -0.15) is 0 Å². The first-order valence-electron chi connectivity index (χ1n) is 8.35. The zero-order valence-electron chi connectivity index (χ0n) is 14.0. The van der Waals surface area contributed by atoms with Gasteiger partial charge < -0.3 is 0 Å². The molecule has 4 heteroatoms. The van der Waals surface area contributed by atoms with Crippen LogP contribution in [0.15, 0.2) is 82.6 Å². The van der Waals surface area contributed by atoms with E-state index in [0.29, 0.717) is 6.42 Å². The van der Waals surface area contributed by atoms with Crippen LogP contribution in [0.3, 0.4) is 0 Å². The van der Waals surface area contributed by atoms with Crippen LogP contribution in [0.2, 0.25) is 0 Å². The summed E-state index contributed by atoms with van der Waals surface area (Å²) in [5, 5.41) is 0.157. The highest BCUT2D eigenvalue weighted by Crippen LogP contribution is 2.39. The zero-order valence-corrected chi connectivity index (χ0v) is 15.6. The van der Waals surface area contributed by atoms with Crippen molar-refractivity contribution in [3.63, 3.8) is 0 Å². The van der Waals surface area contributed by atoms with Crippen molar-refractivity contribution in [1.82, 2.24) is 0 Å². The monoisotopic (exact) mass is 368 g/mol. The number of allylic oxidation sites excluding steroid dienone is 2. The molecular weight excluding hydrogens is 348 g/mol. The lowest BCUT2D eigenvalue weighted by Gasteiger charge is -2.30. The van der Waals surface area contributed by atoms with Crippen LogP contribution in [0.1, 0.15) is 13.3 Å². The number of carbonyl (C=O) groups excluding carboxylic acids is 2. The summed E-state index contributed by atoms with van der Waals surface area (Å²) in [6, 6.07) is 19.3. The van der Waals surface area contributed by atoms with E-state index in [9.17, 15) is 9.59 Å². The lowest BCUT2D eigenvalue weighted by atomic mass is 9.78. The van der Waals surface area contributed by atoms with Crippen molar-refractivity contribution in [2.45, 2.75) is 23.1 Å². The summed E-state index contributed by atoms with van der Waals surface area (Å²) in [5.41, 5.74) is 0. The summed E-state index contributed by atoms with van der Waals surface area (Å²) in [5.74, 6) is -0.476. The van der Waals surface area contributed by atoms with Crippen LogP contribution in [-0.4, -0.2) is 10.2 Å². The molecule has 3 atom stereocenters. The molecule has 0 fully saturated rings. The third-order valence-corrected chi connectivity index (χ3v) is 6.32. The fourth-order valence-corrected chi connectivity index (χ4v) is 5.01. The molecule has 0 saturated heterocycles. The van der Waals surface area contributed by atoms with E-state index in [1.165, 1.54) is 23.5 Å². The molecule has 0 N–H and O–H groups in total. The lowest BCUT2D eigenvalue weighted by molar-refractivity contribution is -0.124. The second kappa shape index (κ2) is 8.54. The molecule has 128 valence electrons. The number of hydrogen-bond acceptors (Lipinski definition) is 4. The maximum atomic E-state index is 12.9. The summed E-state index contributed by atoms with van der Waals surface area (Å²) in [7, 11) is 0. The first-order valence-corrected chi connectivity index (χ1v) is 9.98. The normalized spacial score (nSPS) is 22.5. The molecule has 0 amide bonds. The Morgan fingerprint density at radius 2 is 1.36 bits per heavy atom. The molecule has 0 bridgehead atoms. The Bertz CT molecular complexity index is 756. The lowest BCUT2D eigenvalue weighted by Crippen LogP contribution is -2.33. The van der Waals surface area contributed by atoms with E-state index in [-0.39, 0.29) is 28.0 Å². The third kappa shape index (κ3) is 4.65. The molecule has 0 heterocycles. The second-order valence-electron chi connectivity index (χ2n) is 6.12. The van der Waals surface area contributed by atoms with Crippen molar-refractivity contribution in [3.8, 4) is 0 Å². The minimum absolute atomic E-state index is 0.0720. The quantitative estimate of drug-likeness (QED) is 0.531. The summed E-state index contributed by atoms with van der Waals surface area (Å²) in [4.78, 5) is 27.6. The molecule has 2 nitrogen and oxygen atoms in total. The third-order valence-electron chi connectivity index (χ3n) is 4.33. The minimum atomic E-state index is -0.279. The van der Waals surface area contributed by atoms with E-state index < -0.39 is 0 Å². The van der Waals surface area contributed by atoms with Gasteiger partial charge in [0.15, 0.2) is 10.2 Å². The summed E-state index contributed by atoms with van der Waals surface area (Å²) in [6.45, 7) is 2.03. The van der Waals surface area contributed by atoms with Crippen molar-refractivity contribution in [2.24, 2.45) is 17.8 Å². The molecule has 1 aliphatic carbocycles. The highest BCUT2D eigenvalue weighted by atomic mass is 32.2. The van der Waals surface area contributed by atoms with E-state index in [4.69, 9.17) is 0 Å². The van der Waals surface area contributed by atoms with Crippen LogP contribution >= 0.6 is 23.5 Å². The molecule has 2 aromatic carbocycles. The van der Waals surface area contributed by atoms with Crippen molar-refractivity contribution in [1.29, 1.82) is 0 Å². The standard InChI is InChI=1S/C21H20O2S2/c1-15-9-8-14-18(20(22)24-16-10-4-2-5-11-16)19(15)21(23)25-17-12-6-3-7-13-17/h2-13,15,18-19H,14H2,1H3/t15-,18-,19-/m0/s1. The maximum absolute atomic E-state index is 12.9. The van der Waals surface area contributed by atoms with Crippen molar-refractivity contribution in [2.75, 3.05) is 0 Å². The fraction of sp³-hybridized carbons (Fsp3) is 0.238. The van der Waals surface area contributed by atoms with E-state index in [1.54, 1.807) is 0 Å². The van der Waals surface area contributed by atoms with Gasteiger partial charge in [0.25, 0.3) is 0 Å². The van der Waals surface area contributed by atoms with E-state index in [0.717, 1.165) is 9.79 Å². The number of rotatable bonds is 4. The molecule has 0 spiro atoms. The molecule has 3 rings (SSSR count). The second-order valence-corrected chi connectivity index (χ2v) is 8.28. The van der Waals surface area contributed by atoms with Crippen molar-refractivity contribution >= 4 is 33.8 Å². The Kier molecular flexibility index (Phi) is 6.16. The molecule has 2 aromatic rings. The van der Waals surface area contributed by atoms with Gasteiger partial charge in [0.2, 0.25) is 0 Å². The molecule has 0 radical (unpaired) electrons. The summed E-state index contributed by atoms with van der Waals surface area (Å²) >= 11 is 2.49. The van der Waals surface area contributed by atoms with Gasteiger partial charge in [0.05, 0.1) is 0 Å². The van der Waals surface area contributed by atoms with Crippen LogP contribution in [0.4, 0.5) is 0 Å². The van der Waals surface area contributed by atoms with Crippen LogP contribution in [0.25, 0.3) is 0 Å². The minimum Gasteiger partial charge on any atom is -0.286 e. The Morgan fingerprint density at radius 3 is 1.92 bits per heavy atom. The van der Waals surface area contributed by atoms with Gasteiger partial charge in [-0.25, -0.2) is 0 Å². The van der Waals surface area contributed by atoms with Crippen molar-refractivity contribution in [3.05, 3.63) is 72.8 Å². The topological polar surface area (TPSA) is 34.1 Å². The molecule has 0 unspecified atom stereocenters. The van der Waals surface area contributed by atoms with E-state index >= 15 is 0 Å². The molecule has 0 saturated carbocycles. The number of hydrogen-bond donors (Lipinski definition) is 0. The number of benzene rings is 2. The van der Waals surface area contributed by atoms with Gasteiger partial charge in [-0.1, -0.05) is 79.0 Å².